The van der Waals surface area contributed by atoms with Crippen LogP contribution in [0.4, 0.5) is 4.79 Å². The highest BCUT2D eigenvalue weighted by Crippen LogP contribution is 2.57. The molecule has 1 spiro atoms. The summed E-state index contributed by atoms with van der Waals surface area (Å²) in [5.41, 5.74) is 2.55. The molecule has 2 fully saturated rings. The number of aromatic amines is 1. The first-order valence-electron chi connectivity index (χ1n) is 8.80. The van der Waals surface area contributed by atoms with Crippen LogP contribution in [0.3, 0.4) is 0 Å². The summed E-state index contributed by atoms with van der Waals surface area (Å²) in [7, 11) is 0. The van der Waals surface area contributed by atoms with Crippen molar-refractivity contribution < 1.29 is 9.53 Å². The van der Waals surface area contributed by atoms with Gasteiger partial charge in [-0.1, -0.05) is 6.42 Å². The molecular formula is C17H28N4O2. The van der Waals surface area contributed by atoms with Gasteiger partial charge in [0, 0.05) is 30.3 Å². The fourth-order valence-electron chi connectivity index (χ4n) is 3.96. The third-order valence-corrected chi connectivity index (χ3v) is 5.59. The molecule has 6 heteroatoms. The van der Waals surface area contributed by atoms with Gasteiger partial charge in [-0.3, -0.25) is 5.10 Å². The van der Waals surface area contributed by atoms with Crippen molar-refractivity contribution in [2.75, 3.05) is 13.2 Å². The predicted octanol–water partition coefficient (Wildman–Crippen LogP) is 2.30. The van der Waals surface area contributed by atoms with Gasteiger partial charge in [0.1, 0.15) is 0 Å². The van der Waals surface area contributed by atoms with E-state index in [0.29, 0.717) is 12.6 Å². The fraction of sp³-hybridized carbons (Fsp3) is 0.765. The van der Waals surface area contributed by atoms with Gasteiger partial charge in [-0.05, 0) is 51.5 Å². The van der Waals surface area contributed by atoms with Gasteiger partial charge >= 0.3 is 6.03 Å². The Morgan fingerprint density at radius 3 is 2.96 bits per heavy atom. The van der Waals surface area contributed by atoms with Crippen LogP contribution >= 0.6 is 0 Å². The number of aryl methyl sites for hydroxylation is 2. The molecule has 3 N–H and O–H groups in total. The summed E-state index contributed by atoms with van der Waals surface area (Å²) in [6, 6.07) is 0.240. The monoisotopic (exact) mass is 320 g/mol. The first-order valence-corrected chi connectivity index (χ1v) is 8.80. The van der Waals surface area contributed by atoms with E-state index in [0.717, 1.165) is 31.6 Å². The molecule has 0 radical (unpaired) electrons. The molecule has 0 aromatic carbocycles. The van der Waals surface area contributed by atoms with Crippen LogP contribution in [0.15, 0.2) is 6.20 Å². The smallest absolute Gasteiger partial charge is 0.315 e. The Balaban J connectivity index is 1.36. The maximum atomic E-state index is 12.1. The Kier molecular flexibility index (Phi) is 4.90. The number of H-pyrrole nitrogens is 1. The number of carbonyl (C=O) groups is 1. The van der Waals surface area contributed by atoms with Crippen LogP contribution < -0.4 is 10.6 Å². The fourth-order valence-corrected chi connectivity index (χ4v) is 3.96. The van der Waals surface area contributed by atoms with Crippen LogP contribution in [-0.4, -0.2) is 41.5 Å². The van der Waals surface area contributed by atoms with Crippen molar-refractivity contribution in [2.45, 2.75) is 64.5 Å². The van der Waals surface area contributed by atoms with Gasteiger partial charge in [0.15, 0.2) is 0 Å². The molecule has 2 aliphatic carbocycles. The van der Waals surface area contributed by atoms with Gasteiger partial charge < -0.3 is 15.4 Å². The molecule has 2 aliphatic rings. The third kappa shape index (κ3) is 3.22. The Morgan fingerprint density at radius 1 is 1.52 bits per heavy atom. The van der Waals surface area contributed by atoms with Crippen LogP contribution in [0.25, 0.3) is 0 Å². The lowest BCUT2D eigenvalue weighted by atomic mass is 9.51. The molecule has 2 amide bonds. The number of hydrogen-bond donors (Lipinski definition) is 3. The number of ether oxygens (including phenoxy) is 1. The van der Waals surface area contributed by atoms with E-state index >= 15 is 0 Å². The number of rotatable bonds is 7. The first-order chi connectivity index (χ1) is 11.2. The summed E-state index contributed by atoms with van der Waals surface area (Å²) in [5.74, 6) is 0. The molecule has 23 heavy (non-hydrogen) atoms. The van der Waals surface area contributed by atoms with Crippen molar-refractivity contribution in [3.05, 3.63) is 17.5 Å². The lowest BCUT2D eigenvalue weighted by Crippen LogP contribution is -2.68. The van der Waals surface area contributed by atoms with Crippen molar-refractivity contribution in [3.8, 4) is 0 Å². The Bertz CT molecular complexity index is 538. The molecular weight excluding hydrogens is 292 g/mol. The maximum Gasteiger partial charge on any atom is 0.315 e. The van der Waals surface area contributed by atoms with Crippen molar-refractivity contribution in [2.24, 2.45) is 5.41 Å². The minimum Gasteiger partial charge on any atom is -0.378 e. The van der Waals surface area contributed by atoms with Crippen molar-refractivity contribution in [1.82, 2.24) is 20.8 Å². The largest absolute Gasteiger partial charge is 0.378 e. The highest BCUT2D eigenvalue weighted by atomic mass is 16.5. The summed E-state index contributed by atoms with van der Waals surface area (Å²) in [5, 5.41) is 13.1. The number of urea groups is 1. The molecule has 1 heterocycles. The number of hydrogen-bond acceptors (Lipinski definition) is 3. The van der Waals surface area contributed by atoms with Crippen LogP contribution in [0, 0.1) is 12.3 Å². The summed E-state index contributed by atoms with van der Waals surface area (Å²) in [4.78, 5) is 12.1. The number of nitrogens with one attached hydrogen (secondary N) is 3. The molecule has 0 saturated heterocycles. The second-order valence-electron chi connectivity index (χ2n) is 6.84. The van der Waals surface area contributed by atoms with Gasteiger partial charge in [0.25, 0.3) is 0 Å². The number of aromatic nitrogens is 2. The van der Waals surface area contributed by atoms with E-state index in [-0.39, 0.29) is 17.5 Å². The predicted molar refractivity (Wildman–Crippen MR) is 88.3 cm³/mol. The number of nitrogens with zero attached hydrogens (tertiary/aromatic N) is 1. The molecule has 0 aliphatic heterocycles. The molecule has 2 atom stereocenters. The molecule has 2 unspecified atom stereocenters. The van der Waals surface area contributed by atoms with Crippen molar-refractivity contribution in [3.63, 3.8) is 0 Å². The van der Waals surface area contributed by atoms with E-state index in [9.17, 15) is 4.79 Å². The van der Waals surface area contributed by atoms with Gasteiger partial charge in [0.05, 0.1) is 12.3 Å². The molecule has 1 aromatic heterocycles. The van der Waals surface area contributed by atoms with Gasteiger partial charge in [-0.15, -0.1) is 0 Å². The standard InChI is InChI=1S/C17H28N4O2/c1-3-23-15-10-14(17(15)7-5-8-17)20-16(22)18-9-4-6-13-11-19-21-12(13)2/h11,14-15H,3-10H2,1-2H3,(H,19,21)(H2,18,20,22). The molecule has 0 bridgehead atoms. The molecule has 128 valence electrons. The second-order valence-corrected chi connectivity index (χ2v) is 6.84. The van der Waals surface area contributed by atoms with Crippen LogP contribution in [0.2, 0.25) is 0 Å². The highest BCUT2D eigenvalue weighted by Gasteiger charge is 2.59. The van der Waals surface area contributed by atoms with E-state index in [4.69, 9.17) is 4.74 Å². The summed E-state index contributed by atoms with van der Waals surface area (Å²) >= 11 is 0. The van der Waals surface area contributed by atoms with E-state index in [2.05, 4.69) is 20.8 Å². The van der Waals surface area contributed by atoms with Crippen LogP contribution in [-0.2, 0) is 11.2 Å². The maximum absolute atomic E-state index is 12.1. The SMILES string of the molecule is CCOC1CC(NC(=O)NCCCc2cn[nH]c2C)C12CCC2. The second kappa shape index (κ2) is 6.91. The number of carbonyl (C=O) groups excluding carboxylic acids is 1. The molecule has 6 nitrogen and oxygen atoms in total. The average molecular weight is 320 g/mol. The lowest BCUT2D eigenvalue weighted by Gasteiger charge is -2.60. The summed E-state index contributed by atoms with van der Waals surface area (Å²) in [6.07, 6.45) is 8.63. The number of amides is 2. The lowest BCUT2D eigenvalue weighted by molar-refractivity contribution is -0.169. The molecule has 1 aromatic rings. The van der Waals surface area contributed by atoms with Gasteiger partial charge in [-0.25, -0.2) is 4.79 Å². The normalized spacial score (nSPS) is 24.8. The summed E-state index contributed by atoms with van der Waals surface area (Å²) < 4.78 is 5.82. The third-order valence-electron chi connectivity index (χ3n) is 5.59. The Labute approximate surface area is 137 Å². The average Bonchev–Trinajstić information content (AvgIpc) is 2.86. The van der Waals surface area contributed by atoms with Crippen molar-refractivity contribution in [1.29, 1.82) is 0 Å². The zero-order valence-electron chi connectivity index (χ0n) is 14.2. The van der Waals surface area contributed by atoms with E-state index in [1.807, 2.05) is 20.0 Å². The Hall–Kier alpha value is -1.56. The highest BCUT2D eigenvalue weighted by molar-refractivity contribution is 5.74. The van der Waals surface area contributed by atoms with E-state index in [1.54, 1.807) is 0 Å². The van der Waals surface area contributed by atoms with Gasteiger partial charge in [-0.2, -0.15) is 5.10 Å². The quantitative estimate of drug-likeness (QED) is 0.675. The van der Waals surface area contributed by atoms with Crippen LogP contribution in [0.1, 0.15) is 50.3 Å². The topological polar surface area (TPSA) is 79.0 Å². The zero-order valence-corrected chi connectivity index (χ0v) is 14.2. The minimum absolute atomic E-state index is 0.0415. The molecule has 2 saturated carbocycles. The first kappa shape index (κ1) is 16.3. The zero-order chi connectivity index (χ0) is 16.3. The molecule has 3 rings (SSSR count). The van der Waals surface area contributed by atoms with Crippen LogP contribution in [0.5, 0.6) is 0 Å². The van der Waals surface area contributed by atoms with Crippen molar-refractivity contribution >= 4 is 6.03 Å². The van der Waals surface area contributed by atoms with E-state index in [1.165, 1.54) is 24.8 Å². The van der Waals surface area contributed by atoms with Gasteiger partial charge in [0.2, 0.25) is 0 Å². The summed E-state index contributed by atoms with van der Waals surface area (Å²) in [6.45, 7) is 5.51. The Morgan fingerprint density at radius 2 is 2.35 bits per heavy atom. The minimum atomic E-state index is -0.0415. The van der Waals surface area contributed by atoms with E-state index < -0.39 is 0 Å².